The van der Waals surface area contributed by atoms with Crippen molar-refractivity contribution in [3.05, 3.63) is 66.4 Å². The second-order valence-corrected chi connectivity index (χ2v) is 6.50. The summed E-state index contributed by atoms with van der Waals surface area (Å²) in [5.74, 6) is -0.811. The number of nitrogens with zero attached hydrogens (tertiary/aromatic N) is 1. The summed E-state index contributed by atoms with van der Waals surface area (Å²) in [5.41, 5.74) is 1.71. The molecule has 0 aliphatic heterocycles. The zero-order valence-corrected chi connectivity index (χ0v) is 16.9. The molecule has 0 amide bonds. The summed E-state index contributed by atoms with van der Waals surface area (Å²) in [7, 11) is 2.48. The fourth-order valence-electron chi connectivity index (χ4n) is 2.97. The normalized spacial score (nSPS) is 10.6. The van der Waals surface area contributed by atoms with E-state index in [4.69, 9.17) is 9.47 Å². The number of hydrogen-bond acceptors (Lipinski definition) is 7. The molecule has 0 saturated carbocycles. The summed E-state index contributed by atoms with van der Waals surface area (Å²) in [5, 5.41) is 1.02. The van der Waals surface area contributed by atoms with Gasteiger partial charge >= 0.3 is 11.9 Å². The average Bonchev–Trinajstić information content (AvgIpc) is 2.80. The maximum absolute atomic E-state index is 11.8. The van der Waals surface area contributed by atoms with Gasteiger partial charge in [-0.05, 0) is 48.4 Å². The maximum Gasteiger partial charge on any atom is 0.320 e. The summed E-state index contributed by atoms with van der Waals surface area (Å²) in [6.45, 7) is 0.762. The van der Waals surface area contributed by atoms with E-state index in [2.05, 4.69) is 14.5 Å². The summed E-state index contributed by atoms with van der Waals surface area (Å²) >= 11 is 0. The number of carbonyl (C=O) groups excluding carboxylic acids is 2. The average molecular weight is 409 g/mol. The molecule has 0 N–H and O–H groups in total. The Hall–Kier alpha value is -3.61. The number of esters is 2. The van der Waals surface area contributed by atoms with Gasteiger partial charge in [-0.2, -0.15) is 0 Å². The summed E-state index contributed by atoms with van der Waals surface area (Å²) in [6.07, 6.45) is 1.95. The first-order chi connectivity index (χ1) is 14.6. The highest BCUT2D eigenvalue weighted by Crippen LogP contribution is 2.19. The predicted octanol–water partition coefficient (Wildman–Crippen LogP) is 3.20. The van der Waals surface area contributed by atoms with Gasteiger partial charge in [-0.25, -0.2) is 0 Å². The molecule has 30 heavy (non-hydrogen) atoms. The van der Waals surface area contributed by atoms with Crippen molar-refractivity contribution in [2.45, 2.75) is 6.42 Å². The van der Waals surface area contributed by atoms with E-state index in [9.17, 15) is 9.59 Å². The molecule has 3 rings (SSSR count). The summed E-state index contributed by atoms with van der Waals surface area (Å²) in [6, 6.07) is 16.8. The van der Waals surface area contributed by atoms with Crippen LogP contribution in [0, 0.1) is 5.92 Å². The number of rotatable bonds is 9. The number of benzene rings is 2. The largest absolute Gasteiger partial charge is 0.490 e. The van der Waals surface area contributed by atoms with Crippen LogP contribution in [0.25, 0.3) is 10.9 Å². The fourth-order valence-corrected chi connectivity index (χ4v) is 2.97. The molecule has 0 spiro atoms. The van der Waals surface area contributed by atoms with Gasteiger partial charge in [-0.3, -0.25) is 14.6 Å². The molecule has 0 unspecified atom stereocenters. The third kappa shape index (κ3) is 5.47. The standard InChI is InChI=1S/C23H23NO6/c1-27-22(25)20(23(26)28-2)14-16-5-7-18(8-6-16)29-12-13-30-19-9-10-21-17(15-19)4-3-11-24-21/h3-11,15,20H,12-14H2,1-2H3. The number of ether oxygens (including phenoxy) is 4. The molecule has 7 heteroatoms. The Morgan fingerprint density at radius 1 is 0.867 bits per heavy atom. The molecular weight excluding hydrogens is 386 g/mol. The molecule has 0 aliphatic carbocycles. The second-order valence-electron chi connectivity index (χ2n) is 6.50. The van der Waals surface area contributed by atoms with Gasteiger partial charge in [-0.15, -0.1) is 0 Å². The highest BCUT2D eigenvalue weighted by atomic mass is 16.5. The number of fused-ring (bicyclic) bond motifs is 1. The Balaban J connectivity index is 1.49. The Bertz CT molecular complexity index is 986. The fraction of sp³-hybridized carbons (Fsp3) is 0.261. The maximum atomic E-state index is 11.8. The van der Waals surface area contributed by atoms with Crippen LogP contribution in [0.3, 0.4) is 0 Å². The number of pyridine rings is 1. The Morgan fingerprint density at radius 2 is 1.50 bits per heavy atom. The van der Waals surface area contributed by atoms with Crippen molar-refractivity contribution in [3.8, 4) is 11.5 Å². The van der Waals surface area contributed by atoms with Crippen LogP contribution >= 0.6 is 0 Å². The quantitative estimate of drug-likeness (QED) is 0.305. The molecule has 156 valence electrons. The van der Waals surface area contributed by atoms with Gasteiger partial charge in [-0.1, -0.05) is 18.2 Å². The minimum absolute atomic E-state index is 0.194. The molecule has 7 nitrogen and oxygen atoms in total. The van der Waals surface area contributed by atoms with Crippen LogP contribution in [0.2, 0.25) is 0 Å². The van der Waals surface area contributed by atoms with Gasteiger partial charge in [0, 0.05) is 11.6 Å². The van der Waals surface area contributed by atoms with Crippen molar-refractivity contribution < 1.29 is 28.5 Å². The zero-order chi connectivity index (χ0) is 21.3. The molecule has 3 aromatic rings. The van der Waals surface area contributed by atoms with E-state index < -0.39 is 17.9 Å². The lowest BCUT2D eigenvalue weighted by Crippen LogP contribution is -2.28. The highest BCUT2D eigenvalue weighted by molar-refractivity contribution is 5.95. The van der Waals surface area contributed by atoms with E-state index in [1.807, 2.05) is 30.3 Å². The predicted molar refractivity (Wildman–Crippen MR) is 110 cm³/mol. The topological polar surface area (TPSA) is 84.0 Å². The first-order valence-corrected chi connectivity index (χ1v) is 9.45. The van der Waals surface area contributed by atoms with Crippen LogP contribution < -0.4 is 9.47 Å². The minimum Gasteiger partial charge on any atom is -0.490 e. The molecular formula is C23H23NO6. The van der Waals surface area contributed by atoms with Crippen LogP contribution in [0.15, 0.2) is 60.8 Å². The Morgan fingerprint density at radius 3 is 2.17 bits per heavy atom. The first kappa shape index (κ1) is 21.1. The van der Waals surface area contributed by atoms with Crippen LogP contribution in [0.1, 0.15) is 5.56 Å². The molecule has 0 bridgehead atoms. The first-order valence-electron chi connectivity index (χ1n) is 9.45. The molecule has 0 radical (unpaired) electrons. The lowest BCUT2D eigenvalue weighted by atomic mass is 9.99. The van der Waals surface area contributed by atoms with Crippen LogP contribution in [0.4, 0.5) is 0 Å². The van der Waals surface area contributed by atoms with Gasteiger partial charge in [0.05, 0.1) is 19.7 Å². The SMILES string of the molecule is COC(=O)C(Cc1ccc(OCCOc2ccc3ncccc3c2)cc1)C(=O)OC. The van der Waals surface area contributed by atoms with Crippen molar-refractivity contribution in [1.82, 2.24) is 4.98 Å². The van der Waals surface area contributed by atoms with Crippen molar-refractivity contribution in [2.75, 3.05) is 27.4 Å². The smallest absolute Gasteiger partial charge is 0.320 e. The van der Waals surface area contributed by atoms with E-state index in [-0.39, 0.29) is 6.42 Å². The molecule has 1 heterocycles. The minimum atomic E-state index is -0.989. The van der Waals surface area contributed by atoms with E-state index in [0.29, 0.717) is 19.0 Å². The van der Waals surface area contributed by atoms with Gasteiger partial charge < -0.3 is 18.9 Å². The van der Waals surface area contributed by atoms with E-state index in [0.717, 1.165) is 22.2 Å². The molecule has 1 aromatic heterocycles. The van der Waals surface area contributed by atoms with E-state index in [1.165, 1.54) is 14.2 Å². The summed E-state index contributed by atoms with van der Waals surface area (Å²) < 4.78 is 20.8. The second kappa shape index (κ2) is 10.2. The van der Waals surface area contributed by atoms with Gasteiger partial charge in [0.15, 0.2) is 5.92 Å². The molecule has 0 aliphatic rings. The number of hydrogen-bond donors (Lipinski definition) is 0. The van der Waals surface area contributed by atoms with Crippen molar-refractivity contribution in [3.63, 3.8) is 0 Å². The van der Waals surface area contributed by atoms with Crippen LogP contribution in [0.5, 0.6) is 11.5 Å². The molecule has 0 saturated heterocycles. The Kier molecular flexibility index (Phi) is 7.21. The Labute approximate surface area is 174 Å². The molecule has 0 fully saturated rings. The molecule has 2 aromatic carbocycles. The molecule has 0 atom stereocenters. The van der Waals surface area contributed by atoms with Gasteiger partial charge in [0.25, 0.3) is 0 Å². The lowest BCUT2D eigenvalue weighted by Gasteiger charge is -2.13. The highest BCUT2D eigenvalue weighted by Gasteiger charge is 2.28. The van der Waals surface area contributed by atoms with Gasteiger partial charge in [0.1, 0.15) is 24.7 Å². The zero-order valence-electron chi connectivity index (χ0n) is 16.9. The van der Waals surface area contributed by atoms with Crippen molar-refractivity contribution >= 4 is 22.8 Å². The van der Waals surface area contributed by atoms with E-state index >= 15 is 0 Å². The third-order valence-corrected chi connectivity index (χ3v) is 4.53. The number of methoxy groups -OCH3 is 2. The third-order valence-electron chi connectivity index (χ3n) is 4.53. The summed E-state index contributed by atoms with van der Waals surface area (Å²) in [4.78, 5) is 27.8. The lowest BCUT2D eigenvalue weighted by molar-refractivity contribution is -0.158. The van der Waals surface area contributed by atoms with Crippen LogP contribution in [-0.4, -0.2) is 44.4 Å². The van der Waals surface area contributed by atoms with E-state index in [1.54, 1.807) is 30.5 Å². The van der Waals surface area contributed by atoms with Crippen LogP contribution in [-0.2, 0) is 25.5 Å². The number of carbonyl (C=O) groups is 2. The van der Waals surface area contributed by atoms with Gasteiger partial charge in [0.2, 0.25) is 0 Å². The monoisotopic (exact) mass is 409 g/mol. The number of aromatic nitrogens is 1. The van der Waals surface area contributed by atoms with Crippen molar-refractivity contribution in [1.29, 1.82) is 0 Å². The van der Waals surface area contributed by atoms with Crippen molar-refractivity contribution in [2.24, 2.45) is 5.92 Å².